The van der Waals surface area contributed by atoms with E-state index in [0.717, 1.165) is 32.9 Å². The van der Waals surface area contributed by atoms with Gasteiger partial charge in [0.15, 0.2) is 5.78 Å². The van der Waals surface area contributed by atoms with Gasteiger partial charge < -0.3 is 5.11 Å². The van der Waals surface area contributed by atoms with Gasteiger partial charge in [0.2, 0.25) is 0 Å². The van der Waals surface area contributed by atoms with Crippen LogP contribution >= 0.6 is 11.8 Å². The van der Waals surface area contributed by atoms with Gasteiger partial charge in [0, 0.05) is 22.6 Å². The predicted octanol–water partition coefficient (Wildman–Crippen LogP) is 7.63. The number of halogens is 5. The first-order valence-electron chi connectivity index (χ1n) is 12.7. The molecule has 0 saturated heterocycles. The highest BCUT2D eigenvalue weighted by Gasteiger charge is 2.79. The molecule has 0 radical (unpaired) electrons. The molecule has 1 aromatic carbocycles. The summed E-state index contributed by atoms with van der Waals surface area (Å²) in [5, 5.41) is 11.3. The van der Waals surface area contributed by atoms with Gasteiger partial charge in [-0.25, -0.2) is 0 Å². The number of carbonyl (C=O) groups is 1. The lowest BCUT2D eigenvalue weighted by Crippen LogP contribution is -2.65. The average molecular weight is 527 g/mol. The predicted molar refractivity (Wildman–Crippen MR) is 129 cm³/mol. The number of allylic oxidation sites excluding steroid dienone is 4. The van der Waals surface area contributed by atoms with Crippen LogP contribution in [0.4, 0.5) is 22.0 Å². The Morgan fingerprint density at radius 2 is 1.75 bits per heavy atom. The van der Waals surface area contributed by atoms with E-state index >= 15 is 8.78 Å². The molecule has 196 valence electrons. The SMILES string of the molecule is CCSc1ccc([C@@H]2C[C@@]3(C)[C@@H](CC[C@@]3(O)C(F)(F)C(F)(F)F)[C@@H]3CCC4=CC(=O)CCC4=C23)cc1. The van der Waals surface area contributed by atoms with Crippen molar-refractivity contribution < 1.29 is 31.9 Å². The fraction of sp³-hybridized carbons (Fsp3) is 0.607. The van der Waals surface area contributed by atoms with E-state index in [9.17, 15) is 23.1 Å². The van der Waals surface area contributed by atoms with Crippen molar-refractivity contribution in [3.63, 3.8) is 0 Å². The molecule has 0 aromatic heterocycles. The Morgan fingerprint density at radius 1 is 1.06 bits per heavy atom. The number of hydrogen-bond donors (Lipinski definition) is 1. The number of alkyl halides is 5. The summed E-state index contributed by atoms with van der Waals surface area (Å²) in [5.41, 5.74) is -0.758. The van der Waals surface area contributed by atoms with Crippen molar-refractivity contribution in [2.45, 2.75) is 87.3 Å². The van der Waals surface area contributed by atoms with E-state index < -0.39 is 41.4 Å². The van der Waals surface area contributed by atoms with Crippen molar-refractivity contribution in [2.75, 3.05) is 5.75 Å². The number of ketones is 1. The molecule has 2 nitrogen and oxygen atoms in total. The van der Waals surface area contributed by atoms with E-state index in [1.54, 1.807) is 17.8 Å². The van der Waals surface area contributed by atoms with Gasteiger partial charge in [0.25, 0.3) is 0 Å². The van der Waals surface area contributed by atoms with Gasteiger partial charge in [-0.05, 0) is 91.0 Å². The monoisotopic (exact) mass is 526 g/mol. The largest absolute Gasteiger partial charge is 0.456 e. The molecule has 0 amide bonds. The Kier molecular flexibility index (Phi) is 6.26. The molecular formula is C28H31F5O2S. The van der Waals surface area contributed by atoms with Gasteiger partial charge >= 0.3 is 12.1 Å². The van der Waals surface area contributed by atoms with Crippen molar-refractivity contribution in [3.8, 4) is 0 Å². The van der Waals surface area contributed by atoms with Crippen molar-refractivity contribution in [1.29, 1.82) is 0 Å². The summed E-state index contributed by atoms with van der Waals surface area (Å²) in [7, 11) is 0. The number of rotatable bonds is 4. The van der Waals surface area contributed by atoms with Crippen LogP contribution in [-0.2, 0) is 4.79 Å². The molecule has 4 aliphatic rings. The van der Waals surface area contributed by atoms with Crippen molar-refractivity contribution in [2.24, 2.45) is 17.3 Å². The molecule has 1 aromatic rings. The minimum Gasteiger partial charge on any atom is -0.383 e. The van der Waals surface area contributed by atoms with Gasteiger partial charge in [-0.15, -0.1) is 11.8 Å². The van der Waals surface area contributed by atoms with Gasteiger partial charge in [-0.1, -0.05) is 31.6 Å². The number of benzene rings is 1. The van der Waals surface area contributed by atoms with Gasteiger partial charge in [0.1, 0.15) is 5.60 Å². The fourth-order valence-corrected chi connectivity index (χ4v) is 8.34. The van der Waals surface area contributed by atoms with E-state index in [1.807, 2.05) is 31.2 Å². The normalized spacial score (nSPS) is 34.7. The van der Waals surface area contributed by atoms with Crippen LogP contribution in [0.5, 0.6) is 0 Å². The average Bonchev–Trinajstić information content (AvgIpc) is 3.10. The molecule has 0 aliphatic heterocycles. The molecule has 0 unspecified atom stereocenters. The Hall–Kier alpha value is -1.67. The topological polar surface area (TPSA) is 37.3 Å². The van der Waals surface area contributed by atoms with Crippen LogP contribution in [0.25, 0.3) is 0 Å². The quantitative estimate of drug-likeness (QED) is 0.324. The number of hydrogen-bond acceptors (Lipinski definition) is 3. The minimum absolute atomic E-state index is 0.0106. The van der Waals surface area contributed by atoms with E-state index in [4.69, 9.17) is 0 Å². The Bertz CT molecular complexity index is 1120. The zero-order valence-electron chi connectivity index (χ0n) is 20.4. The summed E-state index contributed by atoms with van der Waals surface area (Å²) in [4.78, 5) is 13.2. The summed E-state index contributed by atoms with van der Waals surface area (Å²) in [6.45, 7) is 3.50. The number of thioether (sulfide) groups is 1. The summed E-state index contributed by atoms with van der Waals surface area (Å²) in [6.07, 6.45) is -2.45. The van der Waals surface area contributed by atoms with Crippen LogP contribution in [0.3, 0.4) is 0 Å². The summed E-state index contributed by atoms with van der Waals surface area (Å²) in [5.74, 6) is -5.32. The summed E-state index contributed by atoms with van der Waals surface area (Å²) >= 11 is 1.67. The molecule has 0 bridgehead atoms. The van der Waals surface area contributed by atoms with Crippen molar-refractivity contribution in [3.05, 3.63) is 52.6 Å². The Labute approximate surface area is 212 Å². The van der Waals surface area contributed by atoms with Crippen LogP contribution in [0.15, 0.2) is 52.0 Å². The Balaban J connectivity index is 1.67. The first-order chi connectivity index (χ1) is 16.8. The van der Waals surface area contributed by atoms with E-state index in [-0.39, 0.29) is 24.5 Å². The molecule has 1 N–H and O–H groups in total. The van der Waals surface area contributed by atoms with Crippen molar-refractivity contribution >= 4 is 17.5 Å². The molecule has 36 heavy (non-hydrogen) atoms. The molecule has 4 aliphatic carbocycles. The van der Waals surface area contributed by atoms with Crippen LogP contribution in [0.1, 0.15) is 70.3 Å². The lowest BCUT2D eigenvalue weighted by molar-refractivity contribution is -0.362. The minimum atomic E-state index is -5.83. The van der Waals surface area contributed by atoms with Crippen LogP contribution < -0.4 is 0 Å². The second kappa shape index (κ2) is 8.69. The third kappa shape index (κ3) is 3.64. The first-order valence-corrected chi connectivity index (χ1v) is 13.7. The molecule has 8 heteroatoms. The fourth-order valence-electron chi connectivity index (χ4n) is 7.68. The van der Waals surface area contributed by atoms with Gasteiger partial charge in [-0.2, -0.15) is 22.0 Å². The molecule has 5 rings (SSSR count). The van der Waals surface area contributed by atoms with E-state index in [2.05, 4.69) is 0 Å². The summed E-state index contributed by atoms with van der Waals surface area (Å²) in [6, 6.07) is 7.82. The lowest BCUT2D eigenvalue weighted by Gasteiger charge is -2.56. The maximum atomic E-state index is 15.0. The smallest absolute Gasteiger partial charge is 0.383 e. The van der Waals surface area contributed by atoms with Gasteiger partial charge in [0.05, 0.1) is 0 Å². The van der Waals surface area contributed by atoms with Crippen LogP contribution in [0.2, 0.25) is 0 Å². The maximum absolute atomic E-state index is 15.0. The second-order valence-corrected chi connectivity index (χ2v) is 12.3. The molecule has 0 spiro atoms. The standard InChI is InChI=1S/C28H31F5O2S/c1-3-36-19-8-4-16(5-9-19)22-15-25(2)23(12-13-26(25,35)27(29,30)28(31,32)33)21-10-6-17-14-18(34)7-11-20(17)24(21)22/h4-5,8-9,14,21-23,35H,3,6-7,10-13,15H2,1-2H3/t21-,22-,23-,25-,26-/m0/s1. The first kappa shape index (κ1) is 26.0. The molecule has 5 atom stereocenters. The van der Waals surface area contributed by atoms with E-state index in [1.165, 1.54) is 6.92 Å². The van der Waals surface area contributed by atoms with Crippen molar-refractivity contribution in [1.82, 2.24) is 0 Å². The molecule has 2 saturated carbocycles. The third-order valence-corrected chi connectivity index (χ3v) is 10.2. The third-order valence-electron chi connectivity index (χ3n) is 9.36. The number of fused-ring (bicyclic) bond motifs is 4. The summed E-state index contributed by atoms with van der Waals surface area (Å²) < 4.78 is 70.9. The maximum Gasteiger partial charge on any atom is 0.456 e. The highest BCUT2D eigenvalue weighted by molar-refractivity contribution is 7.99. The number of carbonyl (C=O) groups excluding carboxylic acids is 1. The molecule has 2 fully saturated rings. The lowest BCUT2D eigenvalue weighted by atomic mass is 9.50. The molecule has 0 heterocycles. The Morgan fingerprint density at radius 3 is 2.39 bits per heavy atom. The van der Waals surface area contributed by atoms with Gasteiger partial charge in [-0.3, -0.25) is 4.79 Å². The van der Waals surface area contributed by atoms with E-state index in [0.29, 0.717) is 25.7 Å². The zero-order chi connectivity index (χ0) is 26.1. The highest BCUT2D eigenvalue weighted by atomic mass is 32.2. The van der Waals surface area contributed by atoms with Crippen LogP contribution in [-0.4, -0.2) is 34.3 Å². The second-order valence-electron chi connectivity index (χ2n) is 11.0. The molecular weight excluding hydrogens is 495 g/mol. The highest BCUT2D eigenvalue weighted by Crippen LogP contribution is 2.70. The number of aliphatic hydroxyl groups is 1. The van der Waals surface area contributed by atoms with Crippen LogP contribution in [0, 0.1) is 17.3 Å². The zero-order valence-corrected chi connectivity index (χ0v) is 21.2.